The molecule has 2 fully saturated rings. The van der Waals surface area contributed by atoms with Gasteiger partial charge in [0.05, 0.1) is 16.2 Å². The summed E-state index contributed by atoms with van der Waals surface area (Å²) in [4.78, 5) is 30.7. The molecular weight excluding hydrogens is 585 g/mol. The van der Waals surface area contributed by atoms with Crippen LogP contribution >= 0.6 is 0 Å². The topological polar surface area (TPSA) is 122 Å². The molecule has 2 aromatic carbocycles. The molecule has 0 bridgehead atoms. The first-order chi connectivity index (χ1) is 20.1. The van der Waals surface area contributed by atoms with Gasteiger partial charge in [0.1, 0.15) is 11.8 Å². The summed E-state index contributed by atoms with van der Waals surface area (Å²) in [5, 5.41) is 2.61. The fourth-order valence-electron chi connectivity index (χ4n) is 6.06. The number of nitrogens with two attached hydrogens (primary N) is 1. The molecule has 3 N–H and O–H groups in total. The van der Waals surface area contributed by atoms with Crippen LogP contribution < -0.4 is 15.8 Å². The van der Waals surface area contributed by atoms with E-state index in [1.165, 1.54) is 0 Å². The smallest absolute Gasteiger partial charge is 0.406 e. The molecular formula is C30H39F3N4O5S. The van der Waals surface area contributed by atoms with Crippen molar-refractivity contribution in [1.29, 1.82) is 0 Å². The molecule has 4 rings (SSSR count). The molecule has 1 heterocycles. The van der Waals surface area contributed by atoms with Gasteiger partial charge in [-0.05, 0) is 89.8 Å². The van der Waals surface area contributed by atoms with Gasteiger partial charge in [-0.15, -0.1) is 13.2 Å². The number of rotatable bonds is 9. The molecule has 0 spiro atoms. The molecule has 236 valence electrons. The second-order valence-electron chi connectivity index (χ2n) is 11.8. The van der Waals surface area contributed by atoms with Crippen LogP contribution in [0.15, 0.2) is 47.4 Å². The zero-order valence-corrected chi connectivity index (χ0v) is 25.5. The summed E-state index contributed by atoms with van der Waals surface area (Å²) in [6.07, 6.45) is -2.70. The van der Waals surface area contributed by atoms with Gasteiger partial charge in [0, 0.05) is 30.4 Å². The lowest BCUT2D eigenvalue weighted by Crippen LogP contribution is -2.53. The first-order valence-corrected chi connectivity index (χ1v) is 16.0. The van der Waals surface area contributed by atoms with Crippen LogP contribution in [0.1, 0.15) is 55.5 Å². The molecule has 1 saturated heterocycles. The minimum absolute atomic E-state index is 0.0664. The van der Waals surface area contributed by atoms with Crippen LogP contribution in [0, 0.1) is 12.8 Å². The minimum Gasteiger partial charge on any atom is -0.406 e. The van der Waals surface area contributed by atoms with Crippen molar-refractivity contribution >= 4 is 27.3 Å². The van der Waals surface area contributed by atoms with Gasteiger partial charge in [-0.2, -0.15) is 0 Å². The summed E-state index contributed by atoms with van der Waals surface area (Å²) in [5.74, 6) is -2.21. The Bertz CT molecular complexity index is 1430. The number of carbonyl (C=O) groups is 2. The minimum atomic E-state index is -4.95. The highest BCUT2D eigenvalue weighted by atomic mass is 32.2. The Kier molecular flexibility index (Phi) is 9.65. The van der Waals surface area contributed by atoms with Gasteiger partial charge in [0.15, 0.2) is 9.84 Å². The van der Waals surface area contributed by atoms with E-state index in [0.717, 1.165) is 30.2 Å². The second-order valence-corrected chi connectivity index (χ2v) is 13.8. The average Bonchev–Trinajstić information content (AvgIpc) is 3.27. The van der Waals surface area contributed by atoms with Gasteiger partial charge in [-0.3, -0.25) is 9.59 Å². The molecule has 13 heteroatoms. The number of halogens is 3. The summed E-state index contributed by atoms with van der Waals surface area (Å²) in [5.41, 5.74) is 6.48. The lowest BCUT2D eigenvalue weighted by atomic mass is 9.81. The van der Waals surface area contributed by atoms with E-state index in [1.807, 2.05) is 14.0 Å². The highest BCUT2D eigenvalue weighted by molar-refractivity contribution is 7.91. The van der Waals surface area contributed by atoms with Gasteiger partial charge < -0.3 is 25.6 Å². The maximum absolute atomic E-state index is 13.6. The number of ether oxygens (including phenoxy) is 1. The molecule has 1 saturated carbocycles. The van der Waals surface area contributed by atoms with E-state index in [-0.39, 0.29) is 58.3 Å². The zero-order valence-electron chi connectivity index (χ0n) is 24.7. The summed E-state index contributed by atoms with van der Waals surface area (Å²) in [6, 6.07) is 8.88. The van der Waals surface area contributed by atoms with E-state index in [9.17, 15) is 31.2 Å². The number of hydrogen-bond acceptors (Lipinski definition) is 7. The van der Waals surface area contributed by atoms with E-state index in [0.29, 0.717) is 19.4 Å². The van der Waals surface area contributed by atoms with Crippen LogP contribution in [-0.4, -0.2) is 79.9 Å². The first kappa shape index (κ1) is 32.6. The van der Waals surface area contributed by atoms with Crippen molar-refractivity contribution in [3.05, 3.63) is 53.6 Å². The van der Waals surface area contributed by atoms with E-state index in [4.69, 9.17) is 5.73 Å². The molecule has 1 aliphatic heterocycles. The van der Waals surface area contributed by atoms with Gasteiger partial charge in [0.25, 0.3) is 5.91 Å². The predicted molar refractivity (Wildman–Crippen MR) is 156 cm³/mol. The lowest BCUT2D eigenvalue weighted by molar-refractivity contribution is -0.274. The number of carbonyl (C=O) groups excluding carboxylic acids is 2. The van der Waals surface area contributed by atoms with Crippen LogP contribution in [0.4, 0.5) is 18.9 Å². The van der Waals surface area contributed by atoms with E-state index < -0.39 is 33.9 Å². The van der Waals surface area contributed by atoms with Crippen molar-refractivity contribution in [1.82, 2.24) is 15.1 Å². The summed E-state index contributed by atoms with van der Waals surface area (Å²) in [7, 11) is -1.63. The Morgan fingerprint density at radius 2 is 1.81 bits per heavy atom. The Balaban J connectivity index is 1.52. The second kappa shape index (κ2) is 12.7. The quantitative estimate of drug-likeness (QED) is 0.402. The molecule has 0 radical (unpaired) electrons. The molecule has 0 unspecified atom stereocenters. The van der Waals surface area contributed by atoms with Gasteiger partial charge >= 0.3 is 6.36 Å². The molecule has 1 aliphatic carbocycles. The highest BCUT2D eigenvalue weighted by Gasteiger charge is 2.44. The number of aryl methyl sites for hydroxylation is 1. The van der Waals surface area contributed by atoms with Gasteiger partial charge in [0.2, 0.25) is 5.91 Å². The van der Waals surface area contributed by atoms with Crippen molar-refractivity contribution in [3.63, 3.8) is 0 Å². The number of benzene rings is 2. The molecule has 0 aromatic heterocycles. The Morgan fingerprint density at radius 3 is 2.44 bits per heavy atom. The standard InChI is InChI=1S/C30H39F3N4O5S/c1-18(2)36(4)21-7-12-27(20(15-21)17-43(40,41)23-9-5-19(3)6-10-23)37-14-13-26(29(37)39)35-28(38)24-16-22(8-11-25(24)34)42-30(31,32)33/h5-6,8-11,16,18,20-21,26-27H,7,12-15,17,34H2,1-4H3,(H,35,38)/t20-,21-,26+,27+/m1/s1. The third-order valence-electron chi connectivity index (χ3n) is 8.57. The number of nitrogens with one attached hydrogen (secondary N) is 1. The summed E-state index contributed by atoms with van der Waals surface area (Å²) in [6.45, 7) is 6.36. The van der Waals surface area contributed by atoms with Crippen molar-refractivity contribution in [2.45, 2.75) is 81.9 Å². The zero-order chi connectivity index (χ0) is 31.7. The van der Waals surface area contributed by atoms with E-state index >= 15 is 0 Å². The number of anilines is 1. The number of amides is 2. The van der Waals surface area contributed by atoms with Crippen LogP contribution in [-0.2, 0) is 14.6 Å². The molecule has 2 aromatic rings. The van der Waals surface area contributed by atoms with Crippen LogP contribution in [0.5, 0.6) is 5.75 Å². The van der Waals surface area contributed by atoms with E-state index in [1.54, 1.807) is 29.2 Å². The largest absolute Gasteiger partial charge is 0.573 e. The van der Waals surface area contributed by atoms with Crippen molar-refractivity contribution < 1.29 is 35.9 Å². The van der Waals surface area contributed by atoms with Crippen LogP contribution in [0.3, 0.4) is 0 Å². The number of hydrogen-bond donors (Lipinski definition) is 2. The lowest BCUT2D eigenvalue weighted by Gasteiger charge is -2.44. The molecule has 2 aliphatic rings. The van der Waals surface area contributed by atoms with Crippen LogP contribution in [0.2, 0.25) is 0 Å². The van der Waals surface area contributed by atoms with Crippen molar-refractivity contribution in [2.24, 2.45) is 5.92 Å². The normalized spacial score (nSPS) is 23.2. The SMILES string of the molecule is Cc1ccc(S(=O)(=O)C[C@H]2C[C@H](N(C)C(C)C)CC[C@@H]2N2CC[C@H](NC(=O)c3cc(OC(F)(F)F)ccc3N)C2=O)cc1. The average molecular weight is 625 g/mol. The Labute approximate surface area is 250 Å². The maximum Gasteiger partial charge on any atom is 0.573 e. The fraction of sp³-hybridized carbons (Fsp3) is 0.533. The summed E-state index contributed by atoms with van der Waals surface area (Å²) >= 11 is 0. The number of alkyl halides is 3. The van der Waals surface area contributed by atoms with Crippen LogP contribution in [0.25, 0.3) is 0 Å². The highest BCUT2D eigenvalue weighted by Crippen LogP contribution is 2.36. The van der Waals surface area contributed by atoms with Gasteiger partial charge in [-0.1, -0.05) is 17.7 Å². The van der Waals surface area contributed by atoms with Gasteiger partial charge in [-0.25, -0.2) is 8.42 Å². The monoisotopic (exact) mass is 624 g/mol. The third kappa shape index (κ3) is 7.80. The molecule has 4 atom stereocenters. The van der Waals surface area contributed by atoms with E-state index in [2.05, 4.69) is 28.8 Å². The summed E-state index contributed by atoms with van der Waals surface area (Å²) < 4.78 is 69.0. The number of nitrogens with zero attached hydrogens (tertiary/aromatic N) is 2. The fourth-order valence-corrected chi connectivity index (χ4v) is 7.72. The number of nitrogen functional groups attached to an aromatic ring is 1. The predicted octanol–water partition coefficient (Wildman–Crippen LogP) is 4.16. The molecule has 43 heavy (non-hydrogen) atoms. The molecule has 9 nitrogen and oxygen atoms in total. The number of likely N-dealkylation sites (tertiary alicyclic amines) is 1. The maximum atomic E-state index is 13.6. The number of sulfone groups is 1. The Hall–Kier alpha value is -3.32. The van der Waals surface area contributed by atoms with Crippen molar-refractivity contribution in [3.8, 4) is 5.75 Å². The first-order valence-electron chi connectivity index (χ1n) is 14.3. The Morgan fingerprint density at radius 1 is 1.14 bits per heavy atom. The third-order valence-corrected chi connectivity index (χ3v) is 10.4. The van der Waals surface area contributed by atoms with Crippen molar-refractivity contribution in [2.75, 3.05) is 25.1 Å². The molecule has 2 amide bonds.